The maximum absolute atomic E-state index is 11.7. The molecular weight excluding hydrogens is 309 g/mol. The fourth-order valence-electron chi connectivity index (χ4n) is 1.35. The molecule has 1 aromatic heterocycles. The second-order valence-corrected chi connectivity index (χ2v) is 5.09. The standard InChI is InChI=1S/C10H11BrClN3O2/c11-8-9(12)13-5-15(10(8)17)4-3-7(16)14-6-1-2-6/h5-6H,1-4H2,(H,14,16). The topological polar surface area (TPSA) is 64.0 Å². The van der Waals surface area contributed by atoms with Gasteiger partial charge >= 0.3 is 0 Å². The molecule has 0 unspecified atom stereocenters. The summed E-state index contributed by atoms with van der Waals surface area (Å²) in [4.78, 5) is 27.0. The zero-order chi connectivity index (χ0) is 12.4. The van der Waals surface area contributed by atoms with Crippen LogP contribution in [0.15, 0.2) is 15.6 Å². The third kappa shape index (κ3) is 3.29. The van der Waals surface area contributed by atoms with Crippen molar-refractivity contribution in [3.63, 3.8) is 0 Å². The van der Waals surface area contributed by atoms with Crippen LogP contribution in [0.25, 0.3) is 0 Å². The first-order valence-electron chi connectivity index (χ1n) is 5.27. The fourth-order valence-corrected chi connectivity index (χ4v) is 1.81. The van der Waals surface area contributed by atoms with Crippen LogP contribution < -0.4 is 10.9 Å². The first kappa shape index (κ1) is 12.6. The Morgan fingerprint density at radius 1 is 1.65 bits per heavy atom. The predicted octanol–water partition coefficient (Wildman–Crippen LogP) is 1.33. The molecular formula is C10H11BrClN3O2. The molecule has 0 atom stereocenters. The lowest BCUT2D eigenvalue weighted by molar-refractivity contribution is -0.121. The first-order valence-corrected chi connectivity index (χ1v) is 6.45. The van der Waals surface area contributed by atoms with Gasteiger partial charge in [-0.2, -0.15) is 0 Å². The number of hydrogen-bond acceptors (Lipinski definition) is 3. The van der Waals surface area contributed by atoms with Crippen LogP contribution in [0.4, 0.5) is 0 Å². The van der Waals surface area contributed by atoms with E-state index in [4.69, 9.17) is 11.6 Å². The molecule has 1 saturated carbocycles. The maximum atomic E-state index is 11.7. The highest BCUT2D eigenvalue weighted by molar-refractivity contribution is 9.10. The van der Waals surface area contributed by atoms with E-state index < -0.39 is 0 Å². The molecule has 0 saturated heterocycles. The van der Waals surface area contributed by atoms with E-state index in [0.29, 0.717) is 12.6 Å². The van der Waals surface area contributed by atoms with Crippen LogP contribution >= 0.6 is 27.5 Å². The third-order valence-electron chi connectivity index (χ3n) is 2.46. The van der Waals surface area contributed by atoms with Gasteiger partial charge in [-0.3, -0.25) is 14.2 Å². The number of aryl methyl sites for hydroxylation is 1. The first-order chi connectivity index (χ1) is 8.08. The normalized spacial score (nSPS) is 14.7. The number of amides is 1. The largest absolute Gasteiger partial charge is 0.353 e. The molecule has 0 aliphatic heterocycles. The van der Waals surface area contributed by atoms with Crippen LogP contribution in [-0.4, -0.2) is 21.5 Å². The molecule has 5 nitrogen and oxygen atoms in total. The Morgan fingerprint density at radius 3 is 3.00 bits per heavy atom. The van der Waals surface area contributed by atoms with E-state index in [1.165, 1.54) is 10.9 Å². The summed E-state index contributed by atoms with van der Waals surface area (Å²) < 4.78 is 1.59. The quantitative estimate of drug-likeness (QED) is 0.851. The highest BCUT2D eigenvalue weighted by Gasteiger charge is 2.22. The highest BCUT2D eigenvalue weighted by atomic mass is 79.9. The van der Waals surface area contributed by atoms with Gasteiger partial charge in [0, 0.05) is 19.0 Å². The van der Waals surface area contributed by atoms with Crippen molar-refractivity contribution in [2.24, 2.45) is 0 Å². The second kappa shape index (κ2) is 5.18. The van der Waals surface area contributed by atoms with E-state index in [9.17, 15) is 9.59 Å². The molecule has 1 heterocycles. The summed E-state index contributed by atoms with van der Waals surface area (Å²) in [5.74, 6) is -0.0366. The van der Waals surface area contributed by atoms with Gasteiger partial charge in [0.2, 0.25) is 5.91 Å². The Morgan fingerprint density at radius 2 is 2.35 bits per heavy atom. The lowest BCUT2D eigenvalue weighted by Crippen LogP contribution is -2.29. The number of carbonyl (C=O) groups excluding carboxylic acids is 1. The number of hydrogen-bond donors (Lipinski definition) is 1. The minimum absolute atomic E-state index is 0.0366. The van der Waals surface area contributed by atoms with Crippen LogP contribution in [0.3, 0.4) is 0 Å². The summed E-state index contributed by atoms with van der Waals surface area (Å²) in [6, 6.07) is 0.342. The molecule has 17 heavy (non-hydrogen) atoms. The molecule has 1 aromatic rings. The van der Waals surface area contributed by atoms with Gasteiger partial charge in [-0.25, -0.2) is 4.98 Å². The maximum Gasteiger partial charge on any atom is 0.269 e. The van der Waals surface area contributed by atoms with Gasteiger partial charge < -0.3 is 5.32 Å². The van der Waals surface area contributed by atoms with Crippen LogP contribution in [0, 0.1) is 0 Å². The van der Waals surface area contributed by atoms with Crippen LogP contribution in [-0.2, 0) is 11.3 Å². The van der Waals surface area contributed by atoms with Crippen molar-refractivity contribution in [2.75, 3.05) is 0 Å². The molecule has 0 bridgehead atoms. The van der Waals surface area contributed by atoms with Crippen molar-refractivity contribution in [3.8, 4) is 0 Å². The van der Waals surface area contributed by atoms with Crippen molar-refractivity contribution in [3.05, 3.63) is 26.3 Å². The van der Waals surface area contributed by atoms with Crippen molar-refractivity contribution < 1.29 is 4.79 Å². The van der Waals surface area contributed by atoms with Crippen LogP contribution in [0.5, 0.6) is 0 Å². The van der Waals surface area contributed by atoms with Crippen molar-refractivity contribution in [1.29, 1.82) is 0 Å². The lowest BCUT2D eigenvalue weighted by Gasteiger charge is -2.06. The van der Waals surface area contributed by atoms with Gasteiger partial charge in [0.25, 0.3) is 5.56 Å². The Balaban J connectivity index is 1.96. The van der Waals surface area contributed by atoms with E-state index in [1.807, 2.05) is 0 Å². The monoisotopic (exact) mass is 319 g/mol. The van der Waals surface area contributed by atoms with Gasteiger partial charge in [0.05, 0.1) is 6.33 Å². The van der Waals surface area contributed by atoms with Gasteiger partial charge in [0.15, 0.2) is 5.15 Å². The Kier molecular flexibility index (Phi) is 3.83. The summed E-state index contributed by atoms with van der Waals surface area (Å²) in [7, 11) is 0. The molecule has 0 spiro atoms. The summed E-state index contributed by atoms with van der Waals surface area (Å²) in [5, 5.41) is 2.99. The van der Waals surface area contributed by atoms with E-state index in [0.717, 1.165) is 12.8 Å². The minimum atomic E-state index is -0.274. The number of carbonyl (C=O) groups is 1. The third-order valence-corrected chi connectivity index (χ3v) is 3.69. The van der Waals surface area contributed by atoms with Gasteiger partial charge in [-0.15, -0.1) is 0 Å². The van der Waals surface area contributed by atoms with E-state index in [1.54, 1.807) is 0 Å². The Hall–Kier alpha value is -0.880. The molecule has 1 aliphatic rings. The Labute approximate surface area is 111 Å². The molecule has 1 amide bonds. The SMILES string of the molecule is O=C(CCn1cnc(Cl)c(Br)c1=O)NC1CC1. The molecule has 92 valence electrons. The number of aromatic nitrogens is 2. The number of nitrogens with one attached hydrogen (secondary N) is 1. The molecule has 2 rings (SSSR count). The van der Waals surface area contributed by atoms with Crippen molar-refractivity contribution >= 4 is 33.4 Å². The average Bonchev–Trinajstić information content (AvgIpc) is 3.09. The molecule has 0 aromatic carbocycles. The second-order valence-electron chi connectivity index (χ2n) is 3.94. The van der Waals surface area contributed by atoms with Crippen molar-refractivity contribution in [1.82, 2.24) is 14.9 Å². The fraction of sp³-hybridized carbons (Fsp3) is 0.500. The summed E-state index contributed by atoms with van der Waals surface area (Å²) in [6.07, 6.45) is 3.73. The number of nitrogens with zero attached hydrogens (tertiary/aromatic N) is 2. The number of halogens is 2. The summed E-state index contributed by atoms with van der Waals surface area (Å²) in [5.41, 5.74) is -0.274. The van der Waals surface area contributed by atoms with Gasteiger partial charge in [0.1, 0.15) is 4.47 Å². The molecule has 7 heteroatoms. The predicted molar refractivity (Wildman–Crippen MR) is 67.0 cm³/mol. The summed E-state index contributed by atoms with van der Waals surface area (Å²) in [6.45, 7) is 0.306. The van der Waals surface area contributed by atoms with E-state index >= 15 is 0 Å². The van der Waals surface area contributed by atoms with Crippen LogP contribution in [0.1, 0.15) is 19.3 Å². The van der Waals surface area contributed by atoms with E-state index in [2.05, 4.69) is 26.2 Å². The van der Waals surface area contributed by atoms with Crippen molar-refractivity contribution in [2.45, 2.75) is 31.8 Å². The summed E-state index contributed by atoms with van der Waals surface area (Å²) >= 11 is 8.73. The molecule has 1 aliphatic carbocycles. The average molecular weight is 321 g/mol. The lowest BCUT2D eigenvalue weighted by atomic mass is 10.4. The van der Waals surface area contributed by atoms with Gasteiger partial charge in [-0.05, 0) is 28.8 Å². The number of rotatable bonds is 4. The van der Waals surface area contributed by atoms with Gasteiger partial charge in [-0.1, -0.05) is 11.6 Å². The minimum Gasteiger partial charge on any atom is -0.353 e. The van der Waals surface area contributed by atoms with E-state index in [-0.39, 0.29) is 27.5 Å². The molecule has 1 fully saturated rings. The smallest absolute Gasteiger partial charge is 0.269 e. The van der Waals surface area contributed by atoms with Crippen LogP contribution in [0.2, 0.25) is 5.15 Å². The molecule has 0 radical (unpaired) electrons. The zero-order valence-corrected chi connectivity index (χ0v) is 11.3. The zero-order valence-electron chi connectivity index (χ0n) is 8.95. The molecule has 1 N–H and O–H groups in total. The highest BCUT2D eigenvalue weighted by Crippen LogP contribution is 2.18. The Bertz CT molecular complexity index is 499.